The topological polar surface area (TPSA) is 76.2 Å². The van der Waals surface area contributed by atoms with E-state index in [0.717, 1.165) is 5.03 Å². The summed E-state index contributed by atoms with van der Waals surface area (Å²) in [6.45, 7) is 0. The molecule has 2 rings (SSSR count). The van der Waals surface area contributed by atoms with E-state index in [1.807, 2.05) is 24.3 Å². The Labute approximate surface area is 115 Å². The van der Waals surface area contributed by atoms with Crippen molar-refractivity contribution in [2.75, 3.05) is 5.75 Å². The zero-order valence-corrected chi connectivity index (χ0v) is 11.0. The number of aromatic nitrogens is 1. The van der Waals surface area contributed by atoms with Gasteiger partial charge < -0.3 is 10.8 Å². The highest BCUT2D eigenvalue weighted by Crippen LogP contribution is 2.27. The molecular weight excluding hydrogens is 260 g/mol. The van der Waals surface area contributed by atoms with Crippen molar-refractivity contribution in [2.24, 2.45) is 5.73 Å². The van der Waals surface area contributed by atoms with Crippen LogP contribution in [0.25, 0.3) is 0 Å². The summed E-state index contributed by atoms with van der Waals surface area (Å²) in [6, 6.07) is 14.4. The molecule has 0 aliphatic heterocycles. The van der Waals surface area contributed by atoms with E-state index in [2.05, 4.69) is 4.98 Å². The smallest absolute Gasteiger partial charge is 0.329 e. The van der Waals surface area contributed by atoms with E-state index in [-0.39, 0.29) is 5.75 Å². The summed E-state index contributed by atoms with van der Waals surface area (Å²) in [6.07, 6.45) is 1.67. The van der Waals surface area contributed by atoms with Crippen molar-refractivity contribution in [3.63, 3.8) is 0 Å². The van der Waals surface area contributed by atoms with Crippen molar-refractivity contribution >= 4 is 17.7 Å². The molecule has 1 unspecified atom stereocenters. The number of carbonyl (C=O) groups is 1. The standard InChI is InChI=1S/C14H14N2O2S/c15-14(13(17)18,11-6-2-1-3-7-11)10-19-12-8-4-5-9-16-12/h1-9H,10,15H2,(H,17,18). The van der Waals surface area contributed by atoms with E-state index in [4.69, 9.17) is 5.73 Å². The van der Waals surface area contributed by atoms with E-state index < -0.39 is 11.5 Å². The van der Waals surface area contributed by atoms with Crippen molar-refractivity contribution in [1.29, 1.82) is 0 Å². The molecule has 0 aliphatic rings. The van der Waals surface area contributed by atoms with Gasteiger partial charge in [-0.05, 0) is 17.7 Å². The molecule has 0 aliphatic carbocycles. The molecule has 0 spiro atoms. The lowest BCUT2D eigenvalue weighted by atomic mass is 9.93. The minimum absolute atomic E-state index is 0.226. The average molecular weight is 274 g/mol. The second kappa shape index (κ2) is 5.86. The highest BCUT2D eigenvalue weighted by atomic mass is 32.2. The van der Waals surface area contributed by atoms with Crippen LogP contribution in [0.5, 0.6) is 0 Å². The second-order valence-corrected chi connectivity index (χ2v) is 5.09. The van der Waals surface area contributed by atoms with Gasteiger partial charge in [0.25, 0.3) is 0 Å². The minimum atomic E-state index is -1.41. The molecule has 0 bridgehead atoms. The van der Waals surface area contributed by atoms with Crippen LogP contribution in [-0.2, 0) is 10.3 Å². The van der Waals surface area contributed by atoms with Gasteiger partial charge in [0.15, 0.2) is 0 Å². The minimum Gasteiger partial charge on any atom is -0.480 e. The van der Waals surface area contributed by atoms with E-state index in [1.54, 1.807) is 30.5 Å². The molecule has 98 valence electrons. The monoisotopic (exact) mass is 274 g/mol. The van der Waals surface area contributed by atoms with Crippen LogP contribution in [0.3, 0.4) is 0 Å². The summed E-state index contributed by atoms with van der Waals surface area (Å²) in [5.74, 6) is -0.814. The van der Waals surface area contributed by atoms with E-state index in [0.29, 0.717) is 5.56 Å². The first-order chi connectivity index (χ1) is 9.13. The van der Waals surface area contributed by atoms with E-state index in [1.165, 1.54) is 11.8 Å². The van der Waals surface area contributed by atoms with Gasteiger partial charge in [-0.3, -0.25) is 0 Å². The number of carboxylic acids is 1. The Morgan fingerprint density at radius 3 is 2.47 bits per heavy atom. The van der Waals surface area contributed by atoms with Gasteiger partial charge in [0.1, 0.15) is 5.54 Å². The number of carboxylic acid groups (broad SMARTS) is 1. The molecule has 0 saturated carbocycles. The van der Waals surface area contributed by atoms with Crippen LogP contribution >= 0.6 is 11.8 Å². The quantitative estimate of drug-likeness (QED) is 0.817. The molecule has 5 heteroatoms. The maximum absolute atomic E-state index is 11.5. The summed E-state index contributed by atoms with van der Waals surface area (Å²) in [5.41, 5.74) is 5.24. The lowest BCUT2D eigenvalue weighted by Gasteiger charge is -2.24. The Morgan fingerprint density at radius 1 is 1.21 bits per heavy atom. The van der Waals surface area contributed by atoms with E-state index in [9.17, 15) is 9.90 Å². The number of hydrogen-bond donors (Lipinski definition) is 2. The summed E-state index contributed by atoms with van der Waals surface area (Å²) in [4.78, 5) is 15.6. The highest BCUT2D eigenvalue weighted by molar-refractivity contribution is 7.99. The van der Waals surface area contributed by atoms with Crippen LogP contribution in [0.1, 0.15) is 5.56 Å². The fourth-order valence-corrected chi connectivity index (χ4v) is 2.60. The van der Waals surface area contributed by atoms with Gasteiger partial charge >= 0.3 is 5.97 Å². The third-order valence-electron chi connectivity index (χ3n) is 2.76. The van der Waals surface area contributed by atoms with Crippen molar-refractivity contribution in [1.82, 2.24) is 4.98 Å². The maximum Gasteiger partial charge on any atom is 0.329 e. The predicted octanol–water partition coefficient (Wildman–Crippen LogP) is 2.11. The van der Waals surface area contributed by atoms with Crippen molar-refractivity contribution in [2.45, 2.75) is 10.6 Å². The van der Waals surface area contributed by atoms with Crippen LogP contribution in [0, 0.1) is 0 Å². The lowest BCUT2D eigenvalue weighted by Crippen LogP contribution is -2.47. The molecule has 4 nitrogen and oxygen atoms in total. The molecule has 3 N–H and O–H groups in total. The third kappa shape index (κ3) is 3.13. The molecule has 0 amide bonds. The van der Waals surface area contributed by atoms with Gasteiger partial charge in [0, 0.05) is 11.9 Å². The first-order valence-corrected chi connectivity index (χ1v) is 6.73. The Morgan fingerprint density at radius 2 is 1.89 bits per heavy atom. The zero-order chi connectivity index (χ0) is 13.7. The SMILES string of the molecule is NC(CSc1ccccn1)(C(=O)O)c1ccccc1. The number of nitrogens with two attached hydrogens (primary N) is 1. The van der Waals surface area contributed by atoms with Crippen molar-refractivity contribution in [3.05, 3.63) is 60.3 Å². The molecule has 0 radical (unpaired) electrons. The number of pyridine rings is 1. The number of rotatable bonds is 5. The Kier molecular flexibility index (Phi) is 4.19. The highest BCUT2D eigenvalue weighted by Gasteiger charge is 2.36. The van der Waals surface area contributed by atoms with Gasteiger partial charge in [-0.25, -0.2) is 9.78 Å². The van der Waals surface area contributed by atoms with Gasteiger partial charge in [0.2, 0.25) is 0 Å². The van der Waals surface area contributed by atoms with E-state index >= 15 is 0 Å². The van der Waals surface area contributed by atoms with Crippen LogP contribution in [0.15, 0.2) is 59.8 Å². The average Bonchev–Trinajstić information content (AvgIpc) is 2.46. The van der Waals surface area contributed by atoms with Gasteiger partial charge in [-0.1, -0.05) is 36.4 Å². The van der Waals surface area contributed by atoms with Crippen LogP contribution in [-0.4, -0.2) is 21.8 Å². The number of thioether (sulfide) groups is 1. The number of aliphatic carboxylic acids is 1. The van der Waals surface area contributed by atoms with Crippen LogP contribution < -0.4 is 5.73 Å². The van der Waals surface area contributed by atoms with Crippen LogP contribution in [0.2, 0.25) is 0 Å². The molecular formula is C14H14N2O2S. The lowest BCUT2D eigenvalue weighted by molar-refractivity contribution is -0.142. The van der Waals surface area contributed by atoms with Crippen LogP contribution in [0.4, 0.5) is 0 Å². The van der Waals surface area contributed by atoms with Crippen molar-refractivity contribution < 1.29 is 9.90 Å². The maximum atomic E-state index is 11.5. The third-order valence-corrected chi connectivity index (χ3v) is 3.89. The van der Waals surface area contributed by atoms with Gasteiger partial charge in [-0.15, -0.1) is 11.8 Å². The Bertz CT molecular complexity index is 548. The predicted molar refractivity (Wildman–Crippen MR) is 74.9 cm³/mol. The number of benzene rings is 1. The molecule has 1 heterocycles. The Balaban J connectivity index is 2.19. The largest absolute Gasteiger partial charge is 0.480 e. The summed E-state index contributed by atoms with van der Waals surface area (Å²) in [7, 11) is 0. The molecule has 1 atom stereocenters. The van der Waals surface area contributed by atoms with Gasteiger partial charge in [0.05, 0.1) is 5.03 Å². The fraction of sp³-hybridized carbons (Fsp3) is 0.143. The summed E-state index contributed by atoms with van der Waals surface area (Å²) in [5, 5.41) is 10.2. The zero-order valence-electron chi connectivity index (χ0n) is 10.2. The molecule has 0 saturated heterocycles. The normalized spacial score (nSPS) is 13.7. The first-order valence-electron chi connectivity index (χ1n) is 5.74. The molecule has 1 aromatic heterocycles. The second-order valence-electron chi connectivity index (χ2n) is 4.10. The molecule has 2 aromatic rings. The molecule has 19 heavy (non-hydrogen) atoms. The summed E-state index contributed by atoms with van der Waals surface area (Å²) < 4.78 is 0. The fourth-order valence-electron chi connectivity index (χ4n) is 1.62. The van der Waals surface area contributed by atoms with Gasteiger partial charge in [-0.2, -0.15) is 0 Å². The summed E-state index contributed by atoms with van der Waals surface area (Å²) >= 11 is 1.33. The number of nitrogens with zero attached hydrogens (tertiary/aromatic N) is 1. The van der Waals surface area contributed by atoms with Crippen molar-refractivity contribution in [3.8, 4) is 0 Å². The Hall–Kier alpha value is -1.85. The number of hydrogen-bond acceptors (Lipinski definition) is 4. The molecule has 1 aromatic carbocycles. The first kappa shape index (κ1) is 13.6. The molecule has 0 fully saturated rings.